The highest BCUT2D eigenvalue weighted by Gasteiger charge is 2.20. The lowest BCUT2D eigenvalue weighted by Crippen LogP contribution is -2.39. The quantitative estimate of drug-likeness (QED) is 0.850. The summed E-state index contributed by atoms with van der Waals surface area (Å²) in [5, 5.41) is 3.63. The van der Waals surface area contributed by atoms with Crippen LogP contribution in [0.15, 0.2) is 18.3 Å². The van der Waals surface area contributed by atoms with Crippen LogP contribution < -0.4 is 5.32 Å². The van der Waals surface area contributed by atoms with Crippen LogP contribution in [0.3, 0.4) is 0 Å². The van der Waals surface area contributed by atoms with E-state index in [0.29, 0.717) is 11.5 Å². The van der Waals surface area contributed by atoms with Crippen LogP contribution in [0.1, 0.15) is 23.2 Å². The maximum Gasteiger partial charge on any atom is 0.256 e. The molecule has 0 radical (unpaired) electrons. The number of carbonyl (C=O) groups is 1. The Labute approximate surface area is 112 Å². The van der Waals surface area contributed by atoms with Gasteiger partial charge in [-0.25, -0.2) is 4.98 Å². The molecule has 4 nitrogen and oxygen atoms in total. The molecule has 18 heavy (non-hydrogen) atoms. The first-order valence-corrected chi connectivity index (χ1v) is 6.63. The molecule has 98 valence electrons. The second kappa shape index (κ2) is 6.16. The Bertz CT molecular complexity index is 418. The number of pyridine rings is 1. The smallest absolute Gasteiger partial charge is 0.256 e. The number of carbonyl (C=O) groups excluding carboxylic acids is 1. The first-order chi connectivity index (χ1) is 8.68. The van der Waals surface area contributed by atoms with E-state index >= 15 is 0 Å². The molecule has 1 aliphatic heterocycles. The second-order valence-corrected chi connectivity index (χ2v) is 5.10. The lowest BCUT2D eigenvalue weighted by atomic mass is 9.99. The van der Waals surface area contributed by atoms with Crippen LogP contribution >= 0.6 is 11.6 Å². The lowest BCUT2D eigenvalue weighted by Gasteiger charge is -2.27. The fraction of sp³-hybridized carbons (Fsp3) is 0.538. The highest BCUT2D eigenvalue weighted by Crippen LogP contribution is 2.16. The molecule has 0 spiro atoms. The Morgan fingerprint density at radius 2 is 2.50 bits per heavy atom. The lowest BCUT2D eigenvalue weighted by molar-refractivity contribution is 0.0764. The highest BCUT2D eigenvalue weighted by atomic mass is 35.5. The number of piperidine rings is 1. The number of aromatic nitrogens is 1. The van der Waals surface area contributed by atoms with Gasteiger partial charge in [-0.1, -0.05) is 11.6 Å². The summed E-state index contributed by atoms with van der Waals surface area (Å²) in [6, 6.07) is 3.45. The average molecular weight is 268 g/mol. The van der Waals surface area contributed by atoms with Gasteiger partial charge >= 0.3 is 0 Å². The van der Waals surface area contributed by atoms with Crippen molar-refractivity contribution in [2.24, 2.45) is 5.92 Å². The largest absolute Gasteiger partial charge is 0.341 e. The van der Waals surface area contributed by atoms with E-state index in [0.717, 1.165) is 19.6 Å². The van der Waals surface area contributed by atoms with Gasteiger partial charge in [-0.3, -0.25) is 4.79 Å². The first kappa shape index (κ1) is 13.3. The van der Waals surface area contributed by atoms with Crippen molar-refractivity contribution in [3.63, 3.8) is 0 Å². The number of halogens is 1. The molecule has 0 bridgehead atoms. The molecule has 1 atom stereocenters. The molecule has 1 saturated heterocycles. The van der Waals surface area contributed by atoms with Crippen LogP contribution in [0, 0.1) is 5.92 Å². The van der Waals surface area contributed by atoms with Gasteiger partial charge in [0.2, 0.25) is 0 Å². The molecule has 1 aromatic rings. The standard InChI is InChI=1S/C13H18ClN3O/c1-17(9-10-4-2-6-15-8-10)13(18)11-5-3-7-16-12(11)14/h3,5,7,10,15H,2,4,6,8-9H2,1H3/t10-/m0/s1. The summed E-state index contributed by atoms with van der Waals surface area (Å²) < 4.78 is 0. The Morgan fingerprint density at radius 1 is 1.67 bits per heavy atom. The van der Waals surface area contributed by atoms with Gasteiger partial charge in [-0.05, 0) is 44.0 Å². The molecule has 1 aliphatic rings. The first-order valence-electron chi connectivity index (χ1n) is 6.25. The Balaban J connectivity index is 1.98. The number of rotatable bonds is 3. The van der Waals surface area contributed by atoms with E-state index in [2.05, 4.69) is 10.3 Å². The SMILES string of the molecule is CN(C[C@H]1CCCNC1)C(=O)c1cccnc1Cl. The van der Waals surface area contributed by atoms with Crippen molar-refractivity contribution in [1.29, 1.82) is 0 Å². The van der Waals surface area contributed by atoms with Crippen molar-refractivity contribution in [1.82, 2.24) is 15.2 Å². The van der Waals surface area contributed by atoms with E-state index < -0.39 is 0 Å². The second-order valence-electron chi connectivity index (χ2n) is 4.74. The van der Waals surface area contributed by atoms with Gasteiger partial charge < -0.3 is 10.2 Å². The molecule has 2 heterocycles. The van der Waals surface area contributed by atoms with Gasteiger partial charge in [-0.2, -0.15) is 0 Å². The molecule has 2 rings (SSSR count). The van der Waals surface area contributed by atoms with Crippen LogP contribution in [0.4, 0.5) is 0 Å². The number of hydrogen-bond acceptors (Lipinski definition) is 3. The van der Waals surface area contributed by atoms with Crippen LogP contribution in [0.2, 0.25) is 5.15 Å². The van der Waals surface area contributed by atoms with E-state index in [1.807, 2.05) is 7.05 Å². The molecule has 1 fully saturated rings. The Kier molecular flexibility index (Phi) is 4.55. The van der Waals surface area contributed by atoms with E-state index in [-0.39, 0.29) is 11.1 Å². The number of nitrogens with one attached hydrogen (secondary N) is 1. The van der Waals surface area contributed by atoms with Crippen LogP contribution in [0.25, 0.3) is 0 Å². The van der Waals surface area contributed by atoms with Crippen LogP contribution in [-0.2, 0) is 0 Å². The van der Waals surface area contributed by atoms with Gasteiger partial charge in [-0.15, -0.1) is 0 Å². The van der Waals surface area contributed by atoms with E-state index in [4.69, 9.17) is 11.6 Å². The normalized spacial score (nSPS) is 19.6. The fourth-order valence-electron chi connectivity index (χ4n) is 2.30. The summed E-state index contributed by atoms with van der Waals surface area (Å²) >= 11 is 5.93. The molecule has 0 saturated carbocycles. The minimum atomic E-state index is -0.0568. The zero-order valence-corrected chi connectivity index (χ0v) is 11.3. The van der Waals surface area contributed by atoms with Crippen molar-refractivity contribution < 1.29 is 4.79 Å². The minimum Gasteiger partial charge on any atom is -0.341 e. The van der Waals surface area contributed by atoms with Gasteiger partial charge in [0.25, 0.3) is 5.91 Å². The van der Waals surface area contributed by atoms with Crippen LogP contribution in [0.5, 0.6) is 0 Å². The Hall–Kier alpha value is -1.13. The molecule has 1 N–H and O–H groups in total. The van der Waals surface area contributed by atoms with Crippen molar-refractivity contribution in [3.05, 3.63) is 29.0 Å². The zero-order chi connectivity index (χ0) is 13.0. The van der Waals surface area contributed by atoms with Gasteiger partial charge in [0.1, 0.15) is 5.15 Å². The highest BCUT2D eigenvalue weighted by molar-refractivity contribution is 6.32. The zero-order valence-electron chi connectivity index (χ0n) is 10.5. The summed E-state index contributed by atoms with van der Waals surface area (Å²) in [5.41, 5.74) is 0.477. The van der Waals surface area contributed by atoms with Crippen molar-refractivity contribution in [3.8, 4) is 0 Å². The molecule has 0 aromatic carbocycles. The van der Waals surface area contributed by atoms with Gasteiger partial charge in [0.15, 0.2) is 0 Å². The van der Waals surface area contributed by atoms with E-state index in [1.165, 1.54) is 12.8 Å². The molecule has 0 unspecified atom stereocenters. The summed E-state index contributed by atoms with van der Waals surface area (Å²) in [6.07, 6.45) is 3.94. The molecule has 0 aliphatic carbocycles. The molecular formula is C13H18ClN3O. The van der Waals surface area contributed by atoms with Crippen molar-refractivity contribution in [2.75, 3.05) is 26.7 Å². The maximum atomic E-state index is 12.2. The van der Waals surface area contributed by atoms with Crippen molar-refractivity contribution in [2.45, 2.75) is 12.8 Å². The predicted octanol–water partition coefficient (Wildman–Crippen LogP) is 1.81. The summed E-state index contributed by atoms with van der Waals surface area (Å²) in [5.74, 6) is 0.474. The van der Waals surface area contributed by atoms with E-state index in [9.17, 15) is 4.79 Å². The third-order valence-electron chi connectivity index (χ3n) is 3.27. The summed E-state index contributed by atoms with van der Waals surface area (Å²) in [4.78, 5) is 17.9. The summed E-state index contributed by atoms with van der Waals surface area (Å²) in [6.45, 7) is 2.83. The molecule has 1 amide bonds. The summed E-state index contributed by atoms with van der Waals surface area (Å²) in [7, 11) is 1.82. The topological polar surface area (TPSA) is 45.2 Å². The third-order valence-corrected chi connectivity index (χ3v) is 3.57. The van der Waals surface area contributed by atoms with Crippen LogP contribution in [-0.4, -0.2) is 42.5 Å². The molecule has 1 aromatic heterocycles. The number of hydrogen-bond donors (Lipinski definition) is 1. The minimum absolute atomic E-state index is 0.0568. The molecular weight excluding hydrogens is 250 g/mol. The maximum absolute atomic E-state index is 12.2. The number of nitrogens with zero attached hydrogens (tertiary/aromatic N) is 2. The monoisotopic (exact) mass is 267 g/mol. The number of amides is 1. The third kappa shape index (κ3) is 3.21. The predicted molar refractivity (Wildman–Crippen MR) is 71.8 cm³/mol. The fourth-order valence-corrected chi connectivity index (χ4v) is 2.50. The van der Waals surface area contributed by atoms with E-state index in [1.54, 1.807) is 23.2 Å². The molecule has 5 heteroatoms. The van der Waals surface area contributed by atoms with Gasteiger partial charge in [0, 0.05) is 19.8 Å². The Morgan fingerprint density at radius 3 is 3.17 bits per heavy atom. The van der Waals surface area contributed by atoms with Gasteiger partial charge in [0.05, 0.1) is 5.56 Å². The average Bonchev–Trinajstić information content (AvgIpc) is 2.39. The van der Waals surface area contributed by atoms with Crippen molar-refractivity contribution >= 4 is 17.5 Å².